The van der Waals surface area contributed by atoms with E-state index in [2.05, 4.69) is 36.0 Å². The molecular formula is C15H31N3. The average Bonchev–Trinajstić information content (AvgIpc) is 2.84. The minimum atomic E-state index is 0.731. The molecule has 0 amide bonds. The van der Waals surface area contributed by atoms with Gasteiger partial charge in [0.15, 0.2) is 0 Å². The number of likely N-dealkylation sites (tertiary alicyclic amines) is 2. The molecule has 0 saturated carbocycles. The van der Waals surface area contributed by atoms with E-state index in [1.165, 1.54) is 58.4 Å². The highest BCUT2D eigenvalue weighted by Gasteiger charge is 2.28. The first-order chi connectivity index (χ1) is 8.66. The Balaban J connectivity index is 1.60. The van der Waals surface area contributed by atoms with E-state index in [1.807, 2.05) is 0 Å². The van der Waals surface area contributed by atoms with Crippen LogP contribution in [0.3, 0.4) is 0 Å². The Morgan fingerprint density at radius 2 is 1.89 bits per heavy atom. The van der Waals surface area contributed by atoms with Gasteiger partial charge in [0.1, 0.15) is 0 Å². The second-order valence-electron chi connectivity index (χ2n) is 6.46. The zero-order valence-corrected chi connectivity index (χ0v) is 12.5. The zero-order valence-electron chi connectivity index (χ0n) is 12.5. The van der Waals surface area contributed by atoms with Crippen molar-refractivity contribution in [2.75, 3.05) is 39.8 Å². The monoisotopic (exact) mass is 253 g/mol. The van der Waals surface area contributed by atoms with Gasteiger partial charge in [-0.2, -0.15) is 0 Å². The third-order valence-corrected chi connectivity index (χ3v) is 4.87. The number of nitrogens with one attached hydrogen (secondary N) is 1. The van der Waals surface area contributed by atoms with Crippen LogP contribution in [-0.4, -0.2) is 61.7 Å². The van der Waals surface area contributed by atoms with Crippen molar-refractivity contribution in [2.24, 2.45) is 5.92 Å². The molecule has 0 aromatic rings. The second kappa shape index (κ2) is 6.88. The molecule has 2 fully saturated rings. The SMILES string of the molecule is CC1CN(C)C(C)CC1NCCCN1CCCC1. The van der Waals surface area contributed by atoms with E-state index in [0.717, 1.165) is 18.0 Å². The third-order valence-electron chi connectivity index (χ3n) is 4.87. The molecule has 0 aliphatic carbocycles. The fourth-order valence-corrected chi connectivity index (χ4v) is 3.42. The zero-order chi connectivity index (χ0) is 13.0. The van der Waals surface area contributed by atoms with Crippen molar-refractivity contribution in [3.8, 4) is 0 Å². The van der Waals surface area contributed by atoms with Gasteiger partial charge in [-0.05, 0) is 71.8 Å². The van der Waals surface area contributed by atoms with Crippen LogP contribution in [0.2, 0.25) is 0 Å². The van der Waals surface area contributed by atoms with Gasteiger partial charge in [0.2, 0.25) is 0 Å². The summed E-state index contributed by atoms with van der Waals surface area (Å²) in [5, 5.41) is 3.79. The first kappa shape index (κ1) is 14.3. The van der Waals surface area contributed by atoms with Crippen molar-refractivity contribution >= 4 is 0 Å². The molecule has 1 N–H and O–H groups in total. The van der Waals surface area contributed by atoms with E-state index in [0.29, 0.717) is 0 Å². The Morgan fingerprint density at radius 1 is 1.17 bits per heavy atom. The Morgan fingerprint density at radius 3 is 2.61 bits per heavy atom. The summed E-state index contributed by atoms with van der Waals surface area (Å²) < 4.78 is 0. The van der Waals surface area contributed by atoms with Crippen LogP contribution >= 0.6 is 0 Å². The summed E-state index contributed by atoms with van der Waals surface area (Å²) in [6.07, 6.45) is 5.45. The fraction of sp³-hybridized carbons (Fsp3) is 1.00. The molecule has 18 heavy (non-hydrogen) atoms. The molecule has 0 bridgehead atoms. The molecule has 3 atom stereocenters. The summed E-state index contributed by atoms with van der Waals surface area (Å²) in [5.41, 5.74) is 0. The van der Waals surface area contributed by atoms with E-state index in [4.69, 9.17) is 0 Å². The molecule has 0 aromatic heterocycles. The molecule has 3 unspecified atom stereocenters. The maximum Gasteiger partial charge on any atom is 0.0120 e. The highest BCUT2D eigenvalue weighted by Crippen LogP contribution is 2.20. The van der Waals surface area contributed by atoms with E-state index in [1.54, 1.807) is 0 Å². The van der Waals surface area contributed by atoms with Crippen LogP contribution in [-0.2, 0) is 0 Å². The summed E-state index contributed by atoms with van der Waals surface area (Å²) in [6, 6.07) is 1.46. The van der Waals surface area contributed by atoms with Crippen LogP contribution in [0.1, 0.15) is 39.5 Å². The van der Waals surface area contributed by atoms with Gasteiger partial charge in [0.25, 0.3) is 0 Å². The fourth-order valence-electron chi connectivity index (χ4n) is 3.42. The van der Waals surface area contributed by atoms with E-state index in [-0.39, 0.29) is 0 Å². The van der Waals surface area contributed by atoms with Crippen LogP contribution < -0.4 is 5.32 Å². The Hall–Kier alpha value is -0.120. The van der Waals surface area contributed by atoms with Gasteiger partial charge in [-0.15, -0.1) is 0 Å². The van der Waals surface area contributed by atoms with Gasteiger partial charge in [0.05, 0.1) is 0 Å². The molecule has 0 aromatic carbocycles. The molecule has 106 valence electrons. The minimum Gasteiger partial charge on any atom is -0.314 e. The lowest BCUT2D eigenvalue weighted by molar-refractivity contribution is 0.121. The molecule has 0 spiro atoms. The van der Waals surface area contributed by atoms with Gasteiger partial charge in [-0.3, -0.25) is 0 Å². The molecule has 2 aliphatic heterocycles. The summed E-state index contributed by atoms with van der Waals surface area (Å²) >= 11 is 0. The summed E-state index contributed by atoms with van der Waals surface area (Å²) in [4.78, 5) is 5.11. The normalized spacial score (nSPS) is 35.2. The average molecular weight is 253 g/mol. The van der Waals surface area contributed by atoms with Gasteiger partial charge in [-0.1, -0.05) is 6.92 Å². The standard InChI is InChI=1S/C15H31N3/c1-13-12-17(3)14(2)11-15(13)16-7-6-10-18-8-4-5-9-18/h13-16H,4-12H2,1-3H3. The van der Waals surface area contributed by atoms with Crippen LogP contribution in [0.25, 0.3) is 0 Å². The van der Waals surface area contributed by atoms with Crippen LogP contribution in [0.5, 0.6) is 0 Å². The largest absolute Gasteiger partial charge is 0.314 e. The topological polar surface area (TPSA) is 18.5 Å². The van der Waals surface area contributed by atoms with E-state index >= 15 is 0 Å². The minimum absolute atomic E-state index is 0.731. The van der Waals surface area contributed by atoms with Gasteiger partial charge >= 0.3 is 0 Å². The Bertz CT molecular complexity index is 238. The van der Waals surface area contributed by atoms with Crippen molar-refractivity contribution in [2.45, 2.75) is 51.6 Å². The number of hydrogen-bond acceptors (Lipinski definition) is 3. The molecule has 3 heteroatoms. The predicted molar refractivity (Wildman–Crippen MR) is 78.0 cm³/mol. The lowest BCUT2D eigenvalue weighted by Gasteiger charge is -2.40. The van der Waals surface area contributed by atoms with Crippen LogP contribution in [0.15, 0.2) is 0 Å². The number of nitrogens with zero attached hydrogens (tertiary/aromatic N) is 2. The molecule has 2 aliphatic rings. The molecule has 2 rings (SSSR count). The lowest BCUT2D eigenvalue weighted by Crippen LogP contribution is -2.51. The van der Waals surface area contributed by atoms with Crippen molar-refractivity contribution in [1.82, 2.24) is 15.1 Å². The van der Waals surface area contributed by atoms with Crippen molar-refractivity contribution in [3.63, 3.8) is 0 Å². The third kappa shape index (κ3) is 3.94. The summed E-state index contributed by atoms with van der Waals surface area (Å²) in [5.74, 6) is 0.790. The van der Waals surface area contributed by atoms with Crippen LogP contribution in [0.4, 0.5) is 0 Å². The first-order valence-corrected chi connectivity index (χ1v) is 7.83. The second-order valence-corrected chi connectivity index (χ2v) is 6.46. The van der Waals surface area contributed by atoms with Crippen molar-refractivity contribution in [3.05, 3.63) is 0 Å². The number of hydrogen-bond donors (Lipinski definition) is 1. The first-order valence-electron chi connectivity index (χ1n) is 7.83. The molecule has 3 nitrogen and oxygen atoms in total. The molecule has 2 saturated heterocycles. The van der Waals surface area contributed by atoms with Crippen molar-refractivity contribution in [1.29, 1.82) is 0 Å². The smallest absolute Gasteiger partial charge is 0.0120 e. The maximum atomic E-state index is 3.79. The highest BCUT2D eigenvalue weighted by molar-refractivity contribution is 4.86. The Kier molecular flexibility index (Phi) is 5.46. The summed E-state index contributed by atoms with van der Waals surface area (Å²) in [7, 11) is 2.25. The van der Waals surface area contributed by atoms with E-state index in [9.17, 15) is 0 Å². The summed E-state index contributed by atoms with van der Waals surface area (Å²) in [6.45, 7) is 11.1. The highest BCUT2D eigenvalue weighted by atomic mass is 15.2. The predicted octanol–water partition coefficient (Wildman–Crippen LogP) is 1.79. The van der Waals surface area contributed by atoms with E-state index < -0.39 is 0 Å². The molecule has 0 radical (unpaired) electrons. The number of piperidine rings is 1. The quantitative estimate of drug-likeness (QED) is 0.754. The molecule has 2 heterocycles. The maximum absolute atomic E-state index is 3.79. The molecular weight excluding hydrogens is 222 g/mol. The lowest BCUT2D eigenvalue weighted by atomic mass is 9.90. The van der Waals surface area contributed by atoms with Gasteiger partial charge in [0, 0.05) is 18.6 Å². The number of rotatable bonds is 5. The Labute approximate surface area is 113 Å². The van der Waals surface area contributed by atoms with Crippen LogP contribution in [0, 0.1) is 5.92 Å². The van der Waals surface area contributed by atoms with Crippen molar-refractivity contribution < 1.29 is 0 Å². The van der Waals surface area contributed by atoms with Gasteiger partial charge < -0.3 is 15.1 Å². The van der Waals surface area contributed by atoms with Gasteiger partial charge in [-0.25, -0.2) is 0 Å².